The standard InChI is InChI=1S/C10H12F3N3O/c1-15-6-7(5-14-15)8-3-2-4-16(8)9(17)10(11,12)13/h5-6,8H,2-4H2,1H3. The van der Waals surface area contributed by atoms with Gasteiger partial charge in [-0.15, -0.1) is 0 Å². The summed E-state index contributed by atoms with van der Waals surface area (Å²) >= 11 is 0. The quantitative estimate of drug-likeness (QED) is 0.756. The van der Waals surface area contributed by atoms with Crippen LogP contribution in [0.15, 0.2) is 12.4 Å². The fourth-order valence-electron chi connectivity index (χ4n) is 2.13. The zero-order chi connectivity index (χ0) is 12.6. The first kappa shape index (κ1) is 11.9. The van der Waals surface area contributed by atoms with Gasteiger partial charge in [0.2, 0.25) is 0 Å². The van der Waals surface area contributed by atoms with E-state index < -0.39 is 18.1 Å². The van der Waals surface area contributed by atoms with Crippen molar-refractivity contribution in [1.29, 1.82) is 0 Å². The second kappa shape index (κ2) is 4.05. The highest BCUT2D eigenvalue weighted by Gasteiger charge is 2.46. The number of amides is 1. The van der Waals surface area contributed by atoms with Crippen molar-refractivity contribution in [3.8, 4) is 0 Å². The molecule has 0 aliphatic carbocycles. The molecule has 0 N–H and O–H groups in total. The number of carbonyl (C=O) groups is 1. The first-order valence-corrected chi connectivity index (χ1v) is 5.26. The number of hydrogen-bond donors (Lipinski definition) is 0. The molecule has 4 nitrogen and oxygen atoms in total. The van der Waals surface area contributed by atoms with Gasteiger partial charge in [0.05, 0.1) is 12.2 Å². The van der Waals surface area contributed by atoms with Crippen molar-refractivity contribution in [2.45, 2.75) is 25.1 Å². The Kier molecular flexibility index (Phi) is 2.84. The van der Waals surface area contributed by atoms with Crippen molar-refractivity contribution < 1.29 is 18.0 Å². The van der Waals surface area contributed by atoms with Crippen LogP contribution in [0.1, 0.15) is 24.4 Å². The molecule has 1 unspecified atom stereocenters. The molecule has 1 fully saturated rings. The lowest BCUT2D eigenvalue weighted by molar-refractivity contribution is -0.186. The molecule has 0 spiro atoms. The van der Waals surface area contributed by atoms with E-state index in [9.17, 15) is 18.0 Å². The molecule has 1 aliphatic heterocycles. The van der Waals surface area contributed by atoms with Gasteiger partial charge in [-0.1, -0.05) is 0 Å². The van der Waals surface area contributed by atoms with Crippen LogP contribution in [0.25, 0.3) is 0 Å². The molecule has 0 saturated carbocycles. The molecular weight excluding hydrogens is 235 g/mol. The average molecular weight is 247 g/mol. The summed E-state index contributed by atoms with van der Waals surface area (Å²) in [6.45, 7) is 0.151. The maximum Gasteiger partial charge on any atom is 0.471 e. The van der Waals surface area contributed by atoms with Crippen LogP contribution in [0.5, 0.6) is 0 Å². The Labute approximate surface area is 96.0 Å². The molecule has 0 aromatic carbocycles. The predicted molar refractivity (Wildman–Crippen MR) is 53.0 cm³/mol. The summed E-state index contributed by atoms with van der Waals surface area (Å²) < 4.78 is 38.7. The fourth-order valence-corrected chi connectivity index (χ4v) is 2.13. The molecule has 1 atom stereocenters. The topological polar surface area (TPSA) is 38.1 Å². The smallest absolute Gasteiger partial charge is 0.328 e. The van der Waals surface area contributed by atoms with Crippen LogP contribution in [0.3, 0.4) is 0 Å². The van der Waals surface area contributed by atoms with Crippen LogP contribution in [0.2, 0.25) is 0 Å². The molecule has 1 aromatic heterocycles. The summed E-state index contributed by atoms with van der Waals surface area (Å²) in [6.07, 6.45) is -0.515. The number of halogens is 3. The number of rotatable bonds is 1. The second-order valence-electron chi connectivity index (χ2n) is 4.10. The minimum atomic E-state index is -4.80. The van der Waals surface area contributed by atoms with E-state index in [2.05, 4.69) is 5.10 Å². The van der Waals surface area contributed by atoms with Gasteiger partial charge >= 0.3 is 12.1 Å². The number of nitrogens with zero attached hydrogens (tertiary/aromatic N) is 3. The number of aryl methyl sites for hydroxylation is 1. The van der Waals surface area contributed by atoms with Gasteiger partial charge in [0.1, 0.15) is 0 Å². The molecule has 2 heterocycles. The van der Waals surface area contributed by atoms with Gasteiger partial charge in [0, 0.05) is 25.4 Å². The first-order valence-electron chi connectivity index (χ1n) is 5.26. The third kappa shape index (κ3) is 2.27. The van der Waals surface area contributed by atoms with Gasteiger partial charge in [0.25, 0.3) is 0 Å². The van der Waals surface area contributed by atoms with E-state index in [1.165, 1.54) is 10.9 Å². The van der Waals surface area contributed by atoms with Crippen LogP contribution < -0.4 is 0 Å². The minimum absolute atomic E-state index is 0.151. The first-order chi connectivity index (χ1) is 7.89. The van der Waals surface area contributed by atoms with Gasteiger partial charge in [0.15, 0.2) is 0 Å². The van der Waals surface area contributed by atoms with Crippen molar-refractivity contribution in [3.63, 3.8) is 0 Å². The Hall–Kier alpha value is -1.53. The Bertz CT molecular complexity index is 427. The van der Waals surface area contributed by atoms with Crippen LogP contribution in [-0.2, 0) is 11.8 Å². The van der Waals surface area contributed by atoms with Crippen LogP contribution in [0, 0.1) is 0 Å². The summed E-state index contributed by atoms with van der Waals surface area (Å²) in [5, 5.41) is 3.91. The SMILES string of the molecule is Cn1cc(C2CCCN2C(=O)C(F)(F)F)cn1. The van der Waals surface area contributed by atoms with Crippen molar-refractivity contribution in [3.05, 3.63) is 18.0 Å². The fraction of sp³-hybridized carbons (Fsp3) is 0.600. The number of aromatic nitrogens is 2. The van der Waals surface area contributed by atoms with E-state index in [4.69, 9.17) is 0 Å². The molecule has 1 amide bonds. The lowest BCUT2D eigenvalue weighted by Gasteiger charge is -2.24. The average Bonchev–Trinajstić information content (AvgIpc) is 2.82. The monoisotopic (exact) mass is 247 g/mol. The normalized spacial score (nSPS) is 20.9. The molecule has 1 aliphatic rings. The van der Waals surface area contributed by atoms with Gasteiger partial charge in [-0.25, -0.2) is 0 Å². The summed E-state index contributed by atoms with van der Waals surface area (Å²) in [5.74, 6) is -1.76. The minimum Gasteiger partial charge on any atom is -0.328 e. The molecule has 0 radical (unpaired) electrons. The zero-order valence-electron chi connectivity index (χ0n) is 9.24. The Morgan fingerprint density at radius 3 is 2.76 bits per heavy atom. The second-order valence-corrected chi connectivity index (χ2v) is 4.10. The van der Waals surface area contributed by atoms with Gasteiger partial charge in [-0.2, -0.15) is 18.3 Å². The van der Waals surface area contributed by atoms with Crippen molar-refractivity contribution in [2.75, 3.05) is 6.54 Å². The van der Waals surface area contributed by atoms with Crippen molar-refractivity contribution >= 4 is 5.91 Å². The van der Waals surface area contributed by atoms with Gasteiger partial charge < -0.3 is 4.90 Å². The van der Waals surface area contributed by atoms with Crippen LogP contribution in [-0.4, -0.2) is 33.3 Å². The maximum atomic E-state index is 12.4. The number of hydrogen-bond acceptors (Lipinski definition) is 2. The van der Waals surface area contributed by atoms with Crippen molar-refractivity contribution in [1.82, 2.24) is 14.7 Å². The van der Waals surface area contributed by atoms with E-state index in [1.54, 1.807) is 13.2 Å². The molecule has 7 heteroatoms. The highest BCUT2D eigenvalue weighted by Crippen LogP contribution is 2.34. The maximum absolute atomic E-state index is 12.4. The molecule has 94 valence electrons. The molecule has 1 saturated heterocycles. The molecule has 0 bridgehead atoms. The predicted octanol–water partition coefficient (Wildman–Crippen LogP) is 1.65. The Morgan fingerprint density at radius 1 is 1.53 bits per heavy atom. The lowest BCUT2D eigenvalue weighted by atomic mass is 10.1. The van der Waals surface area contributed by atoms with E-state index >= 15 is 0 Å². The van der Waals surface area contributed by atoms with E-state index in [1.807, 2.05) is 0 Å². The summed E-state index contributed by atoms with van der Waals surface area (Å²) in [4.78, 5) is 12.1. The third-order valence-electron chi connectivity index (χ3n) is 2.87. The highest BCUT2D eigenvalue weighted by atomic mass is 19.4. The van der Waals surface area contributed by atoms with Crippen molar-refractivity contribution in [2.24, 2.45) is 7.05 Å². The Morgan fingerprint density at radius 2 is 2.24 bits per heavy atom. The molecular formula is C10H12F3N3O. The van der Waals surface area contributed by atoms with E-state index in [0.717, 1.165) is 4.90 Å². The van der Waals surface area contributed by atoms with Crippen LogP contribution in [0.4, 0.5) is 13.2 Å². The number of carbonyl (C=O) groups excluding carboxylic acids is 1. The molecule has 1 aromatic rings. The van der Waals surface area contributed by atoms with Gasteiger partial charge in [-0.05, 0) is 12.8 Å². The summed E-state index contributed by atoms with van der Waals surface area (Å²) in [6, 6.07) is -0.502. The number of alkyl halides is 3. The van der Waals surface area contributed by atoms with E-state index in [0.29, 0.717) is 18.4 Å². The highest BCUT2D eigenvalue weighted by molar-refractivity contribution is 5.82. The lowest BCUT2D eigenvalue weighted by Crippen LogP contribution is -2.40. The molecule has 2 rings (SSSR count). The Balaban J connectivity index is 2.21. The van der Waals surface area contributed by atoms with Gasteiger partial charge in [-0.3, -0.25) is 9.48 Å². The van der Waals surface area contributed by atoms with E-state index in [-0.39, 0.29) is 6.54 Å². The summed E-state index contributed by atoms with van der Waals surface area (Å²) in [5.41, 5.74) is 0.655. The third-order valence-corrected chi connectivity index (χ3v) is 2.87. The zero-order valence-corrected chi connectivity index (χ0v) is 9.24. The largest absolute Gasteiger partial charge is 0.471 e. The molecule has 17 heavy (non-hydrogen) atoms. The van der Waals surface area contributed by atoms with Crippen LogP contribution >= 0.6 is 0 Å². The summed E-state index contributed by atoms with van der Waals surface area (Å²) in [7, 11) is 1.69. The number of likely N-dealkylation sites (tertiary alicyclic amines) is 1.